The maximum Gasteiger partial charge on any atom is 0.292 e. The lowest BCUT2D eigenvalue weighted by Gasteiger charge is -2.06. The molecule has 0 saturated carbocycles. The predicted molar refractivity (Wildman–Crippen MR) is 83.4 cm³/mol. The number of aromatic nitrogens is 2. The highest BCUT2D eigenvalue weighted by molar-refractivity contribution is 6.30. The average Bonchev–Trinajstić information content (AvgIpc) is 3.04. The number of carbonyl (C=O) groups is 1. The van der Waals surface area contributed by atoms with E-state index in [1.807, 2.05) is 12.1 Å². The van der Waals surface area contributed by atoms with Crippen molar-refractivity contribution >= 4 is 34.8 Å². The van der Waals surface area contributed by atoms with Gasteiger partial charge in [-0.25, -0.2) is 0 Å². The normalized spacial score (nSPS) is 10.2. The van der Waals surface area contributed by atoms with Crippen LogP contribution < -0.4 is 10.6 Å². The molecule has 2 heterocycles. The first-order valence-electron chi connectivity index (χ1n) is 6.42. The molecule has 3 aromatic rings. The zero-order valence-electron chi connectivity index (χ0n) is 11.3. The molecule has 0 saturated heterocycles. The summed E-state index contributed by atoms with van der Waals surface area (Å²) in [6, 6.07) is 13.8. The van der Waals surface area contributed by atoms with Gasteiger partial charge >= 0.3 is 0 Å². The molecular formula is C15H11ClN4O2. The smallest absolute Gasteiger partial charge is 0.292 e. The van der Waals surface area contributed by atoms with Gasteiger partial charge in [-0.3, -0.25) is 4.79 Å². The lowest BCUT2D eigenvalue weighted by atomic mass is 10.3. The van der Waals surface area contributed by atoms with E-state index >= 15 is 0 Å². The molecule has 0 unspecified atom stereocenters. The van der Waals surface area contributed by atoms with Gasteiger partial charge in [-0.2, -0.15) is 0 Å². The van der Waals surface area contributed by atoms with Crippen LogP contribution in [-0.2, 0) is 0 Å². The highest BCUT2D eigenvalue weighted by Gasteiger charge is 2.09. The summed E-state index contributed by atoms with van der Waals surface area (Å²) in [4.78, 5) is 11.8. The summed E-state index contributed by atoms with van der Waals surface area (Å²) in [5.74, 6) is 0.703. The number of carbonyl (C=O) groups excluding carboxylic acids is 1. The Hall–Kier alpha value is -2.86. The fraction of sp³-hybridized carbons (Fsp3) is 0. The van der Waals surface area contributed by atoms with Gasteiger partial charge in [0.25, 0.3) is 5.91 Å². The van der Waals surface area contributed by atoms with E-state index in [1.165, 1.54) is 6.26 Å². The van der Waals surface area contributed by atoms with E-state index in [-0.39, 0.29) is 11.7 Å². The Morgan fingerprint density at radius 2 is 1.86 bits per heavy atom. The van der Waals surface area contributed by atoms with Crippen molar-refractivity contribution in [2.45, 2.75) is 0 Å². The number of furan rings is 1. The minimum absolute atomic E-state index is 0.211. The first kappa shape index (κ1) is 14.1. The number of amides is 1. The molecule has 6 nitrogen and oxygen atoms in total. The van der Waals surface area contributed by atoms with Crippen molar-refractivity contribution in [1.29, 1.82) is 0 Å². The summed E-state index contributed by atoms with van der Waals surface area (Å²) in [5.41, 5.74) is 0.800. The summed E-state index contributed by atoms with van der Waals surface area (Å²) < 4.78 is 5.00. The molecule has 0 aliphatic carbocycles. The molecule has 22 heavy (non-hydrogen) atoms. The van der Waals surface area contributed by atoms with E-state index in [9.17, 15) is 4.79 Å². The first-order chi connectivity index (χ1) is 10.7. The van der Waals surface area contributed by atoms with Crippen molar-refractivity contribution in [1.82, 2.24) is 10.2 Å². The number of hydrogen-bond acceptors (Lipinski definition) is 5. The van der Waals surface area contributed by atoms with E-state index in [0.29, 0.717) is 16.7 Å². The lowest BCUT2D eigenvalue weighted by Crippen LogP contribution is -2.12. The van der Waals surface area contributed by atoms with Crippen LogP contribution >= 0.6 is 11.6 Å². The molecule has 2 aromatic heterocycles. The largest absolute Gasteiger partial charge is 0.459 e. The maximum absolute atomic E-state index is 11.8. The highest BCUT2D eigenvalue weighted by Crippen LogP contribution is 2.19. The second-order valence-electron chi connectivity index (χ2n) is 4.37. The SMILES string of the molecule is O=C(Nc1ccc(Nc2cccc(Cl)c2)nn1)c1ccco1. The number of anilines is 3. The number of halogens is 1. The van der Waals surface area contributed by atoms with Crippen molar-refractivity contribution in [2.24, 2.45) is 0 Å². The van der Waals surface area contributed by atoms with Gasteiger partial charge in [-0.15, -0.1) is 10.2 Å². The Kier molecular flexibility index (Phi) is 4.02. The number of benzene rings is 1. The Balaban J connectivity index is 1.66. The van der Waals surface area contributed by atoms with Gasteiger partial charge in [0, 0.05) is 10.7 Å². The van der Waals surface area contributed by atoms with Crippen LogP contribution in [0, 0.1) is 0 Å². The molecule has 0 fully saturated rings. The Bertz CT molecular complexity index is 773. The summed E-state index contributed by atoms with van der Waals surface area (Å²) in [5, 5.41) is 14.2. The molecule has 3 rings (SSSR count). The minimum atomic E-state index is -0.380. The van der Waals surface area contributed by atoms with E-state index in [1.54, 1.807) is 36.4 Å². The van der Waals surface area contributed by atoms with Crippen molar-refractivity contribution in [3.05, 3.63) is 65.6 Å². The molecule has 0 radical (unpaired) electrons. The molecule has 7 heteroatoms. The van der Waals surface area contributed by atoms with E-state index < -0.39 is 0 Å². The van der Waals surface area contributed by atoms with Crippen molar-refractivity contribution in [2.75, 3.05) is 10.6 Å². The van der Waals surface area contributed by atoms with E-state index in [2.05, 4.69) is 20.8 Å². The van der Waals surface area contributed by atoms with Gasteiger partial charge in [0.1, 0.15) is 0 Å². The maximum atomic E-state index is 11.8. The van der Waals surface area contributed by atoms with Gasteiger partial charge in [-0.1, -0.05) is 17.7 Å². The summed E-state index contributed by atoms with van der Waals surface area (Å²) in [6.45, 7) is 0. The minimum Gasteiger partial charge on any atom is -0.459 e. The van der Waals surface area contributed by atoms with Crippen LogP contribution in [0.1, 0.15) is 10.6 Å². The summed E-state index contributed by atoms with van der Waals surface area (Å²) in [7, 11) is 0. The van der Waals surface area contributed by atoms with Gasteiger partial charge in [0.2, 0.25) is 0 Å². The molecule has 0 bridgehead atoms. The second kappa shape index (κ2) is 6.28. The van der Waals surface area contributed by atoms with Crippen LogP contribution in [0.3, 0.4) is 0 Å². The van der Waals surface area contributed by atoms with Crippen LogP contribution in [0.2, 0.25) is 5.02 Å². The summed E-state index contributed by atoms with van der Waals surface area (Å²) in [6.07, 6.45) is 1.43. The van der Waals surface area contributed by atoms with Crippen LogP contribution in [-0.4, -0.2) is 16.1 Å². The first-order valence-corrected chi connectivity index (χ1v) is 6.80. The molecule has 110 valence electrons. The third-order valence-electron chi connectivity index (χ3n) is 2.75. The van der Waals surface area contributed by atoms with Crippen LogP contribution in [0.4, 0.5) is 17.3 Å². The zero-order valence-corrected chi connectivity index (χ0v) is 12.0. The average molecular weight is 315 g/mol. The fourth-order valence-corrected chi connectivity index (χ4v) is 1.96. The third kappa shape index (κ3) is 3.42. The number of hydrogen-bond donors (Lipinski definition) is 2. The van der Waals surface area contributed by atoms with Gasteiger partial charge in [0.15, 0.2) is 17.4 Å². The van der Waals surface area contributed by atoms with E-state index in [0.717, 1.165) is 5.69 Å². The fourth-order valence-electron chi connectivity index (χ4n) is 1.77. The Labute approximate surface area is 131 Å². The quantitative estimate of drug-likeness (QED) is 0.767. The van der Waals surface area contributed by atoms with Crippen molar-refractivity contribution in [3.63, 3.8) is 0 Å². The van der Waals surface area contributed by atoms with Crippen molar-refractivity contribution in [3.8, 4) is 0 Å². The molecule has 0 aliphatic rings. The Morgan fingerprint density at radius 1 is 1.05 bits per heavy atom. The monoisotopic (exact) mass is 314 g/mol. The number of rotatable bonds is 4. The zero-order chi connectivity index (χ0) is 15.4. The van der Waals surface area contributed by atoms with Gasteiger partial charge < -0.3 is 15.1 Å². The molecule has 1 amide bonds. The number of nitrogens with one attached hydrogen (secondary N) is 2. The molecule has 0 aliphatic heterocycles. The van der Waals surface area contributed by atoms with E-state index in [4.69, 9.17) is 16.0 Å². The second-order valence-corrected chi connectivity index (χ2v) is 4.81. The highest BCUT2D eigenvalue weighted by atomic mass is 35.5. The van der Waals surface area contributed by atoms with Crippen molar-refractivity contribution < 1.29 is 9.21 Å². The van der Waals surface area contributed by atoms with Crippen LogP contribution in [0.25, 0.3) is 0 Å². The molecular weight excluding hydrogens is 304 g/mol. The number of nitrogens with zero attached hydrogens (tertiary/aromatic N) is 2. The lowest BCUT2D eigenvalue weighted by molar-refractivity contribution is 0.0996. The van der Waals surface area contributed by atoms with Gasteiger partial charge in [-0.05, 0) is 42.5 Å². The molecule has 0 atom stereocenters. The predicted octanol–water partition coefficient (Wildman–Crippen LogP) is 3.72. The standard InChI is InChI=1S/C15H11ClN4O2/c16-10-3-1-4-11(9-10)17-13-6-7-14(20-19-13)18-15(21)12-5-2-8-22-12/h1-9H,(H,17,19)(H,18,20,21). The van der Waals surface area contributed by atoms with Crippen LogP contribution in [0.5, 0.6) is 0 Å². The molecule has 0 spiro atoms. The van der Waals surface area contributed by atoms with Gasteiger partial charge in [0.05, 0.1) is 6.26 Å². The molecule has 2 N–H and O–H groups in total. The third-order valence-corrected chi connectivity index (χ3v) is 2.98. The summed E-state index contributed by atoms with van der Waals surface area (Å²) >= 11 is 5.91. The molecule has 1 aromatic carbocycles. The topological polar surface area (TPSA) is 80.0 Å². The van der Waals surface area contributed by atoms with Crippen LogP contribution in [0.15, 0.2) is 59.2 Å². The Morgan fingerprint density at radius 3 is 2.55 bits per heavy atom.